The van der Waals surface area contributed by atoms with Crippen LogP contribution in [0.15, 0.2) is 42.5 Å². The fourth-order valence-corrected chi connectivity index (χ4v) is 5.75. The number of likely N-dealkylation sites (N-methyl/N-ethyl adjacent to an activating group) is 2. The zero-order valence-electron chi connectivity index (χ0n) is 24.4. The first kappa shape index (κ1) is 31.5. The number of hydrogen-bond donors (Lipinski definition) is 3. The third-order valence-electron chi connectivity index (χ3n) is 8.44. The van der Waals surface area contributed by atoms with Crippen LogP contribution in [0.3, 0.4) is 0 Å². The van der Waals surface area contributed by atoms with Crippen LogP contribution in [-0.4, -0.2) is 84.9 Å². The molecule has 2 aromatic carbocycles. The van der Waals surface area contributed by atoms with Crippen LogP contribution < -0.4 is 16.0 Å². The molecule has 0 aromatic heterocycles. The molecule has 1 saturated heterocycles. The molecule has 0 radical (unpaired) electrons. The molecule has 1 heterocycles. The molecule has 3 N–H and O–H groups in total. The van der Waals surface area contributed by atoms with Crippen LogP contribution in [-0.2, 0) is 27.2 Å². The van der Waals surface area contributed by atoms with Crippen molar-refractivity contribution in [1.29, 1.82) is 0 Å². The number of nitrogens with one attached hydrogen (secondary N) is 3. The Balaban J connectivity index is 1.54. The van der Waals surface area contributed by atoms with E-state index in [0.717, 1.165) is 24.1 Å². The van der Waals surface area contributed by atoms with E-state index in [1.165, 1.54) is 25.2 Å². The summed E-state index contributed by atoms with van der Waals surface area (Å²) in [6.45, 7) is 3.12. The number of carbonyl (C=O) groups excluding carboxylic acids is 3. The number of piperazine rings is 1. The maximum absolute atomic E-state index is 14.1. The Morgan fingerprint density at radius 1 is 0.952 bits per heavy atom. The van der Waals surface area contributed by atoms with E-state index in [1.807, 2.05) is 11.8 Å². The lowest BCUT2D eigenvalue weighted by molar-refractivity contribution is -0.142. The van der Waals surface area contributed by atoms with Gasteiger partial charge < -0.3 is 20.9 Å². The highest BCUT2D eigenvalue weighted by molar-refractivity contribution is 5.94. The van der Waals surface area contributed by atoms with Gasteiger partial charge in [0.15, 0.2) is 11.6 Å². The van der Waals surface area contributed by atoms with Crippen LogP contribution in [0.1, 0.15) is 43.7 Å². The van der Waals surface area contributed by atoms with Gasteiger partial charge in [0.1, 0.15) is 11.9 Å². The third-order valence-corrected chi connectivity index (χ3v) is 8.44. The van der Waals surface area contributed by atoms with Crippen LogP contribution in [0.25, 0.3) is 0 Å². The van der Waals surface area contributed by atoms with E-state index in [4.69, 9.17) is 0 Å². The zero-order chi connectivity index (χ0) is 30.4. The number of nitrogens with zero attached hydrogens (tertiary/aromatic N) is 2. The normalized spacial score (nSPS) is 19.6. The van der Waals surface area contributed by atoms with Gasteiger partial charge in [-0.15, -0.1) is 0 Å². The summed E-state index contributed by atoms with van der Waals surface area (Å²) < 4.78 is 41.0. The van der Waals surface area contributed by atoms with E-state index in [9.17, 15) is 27.6 Å². The van der Waals surface area contributed by atoms with Gasteiger partial charge in [-0.25, -0.2) is 13.2 Å². The average molecular weight is 588 g/mol. The molecule has 11 heteroatoms. The first-order valence-corrected chi connectivity index (χ1v) is 14.5. The Bertz CT molecular complexity index is 1270. The topological polar surface area (TPSA) is 93.8 Å². The van der Waals surface area contributed by atoms with Crippen LogP contribution in [0.2, 0.25) is 0 Å². The standard InChI is InChI=1S/C31H40F3N5O3/c1-4-5-23-19-38(27(28(40)35-2)18-21-8-11-24(33)25(34)16-21)14-15-39(23)29(41)26(17-20-6-9-22(32)10-7-20)37-30(42)31(36-3)12-13-31/h6-11,16,23,26-27,36H,4-5,12-15,17-19H2,1-3H3,(H,35,40)(H,37,42). The number of carbonyl (C=O) groups is 3. The highest BCUT2D eigenvalue weighted by atomic mass is 19.2. The van der Waals surface area contributed by atoms with E-state index in [1.54, 1.807) is 24.1 Å². The molecule has 1 saturated carbocycles. The summed E-state index contributed by atoms with van der Waals surface area (Å²) in [4.78, 5) is 44.0. The summed E-state index contributed by atoms with van der Waals surface area (Å²) in [6, 6.07) is 7.79. The van der Waals surface area contributed by atoms with Gasteiger partial charge in [-0.1, -0.05) is 31.5 Å². The smallest absolute Gasteiger partial charge is 0.245 e. The molecule has 2 aliphatic rings. The average Bonchev–Trinajstić information content (AvgIpc) is 3.79. The van der Waals surface area contributed by atoms with Crippen molar-refractivity contribution in [3.63, 3.8) is 0 Å². The van der Waals surface area contributed by atoms with Crippen molar-refractivity contribution < 1.29 is 27.6 Å². The second kappa shape index (κ2) is 13.7. The van der Waals surface area contributed by atoms with Gasteiger partial charge in [0.2, 0.25) is 17.7 Å². The predicted molar refractivity (Wildman–Crippen MR) is 153 cm³/mol. The zero-order valence-corrected chi connectivity index (χ0v) is 24.4. The van der Waals surface area contributed by atoms with E-state index >= 15 is 0 Å². The number of hydrogen-bond acceptors (Lipinski definition) is 5. The summed E-state index contributed by atoms with van der Waals surface area (Å²) >= 11 is 0. The van der Waals surface area contributed by atoms with Gasteiger partial charge in [0, 0.05) is 39.1 Å². The van der Waals surface area contributed by atoms with Crippen LogP contribution >= 0.6 is 0 Å². The van der Waals surface area contributed by atoms with Gasteiger partial charge in [-0.2, -0.15) is 0 Å². The Labute approximate surface area is 245 Å². The van der Waals surface area contributed by atoms with E-state index in [-0.39, 0.29) is 42.4 Å². The Morgan fingerprint density at radius 3 is 2.24 bits per heavy atom. The lowest BCUT2D eigenvalue weighted by Crippen LogP contribution is -2.63. The third kappa shape index (κ3) is 7.30. The molecule has 2 aromatic rings. The van der Waals surface area contributed by atoms with Gasteiger partial charge in [-0.3, -0.25) is 19.3 Å². The molecule has 0 spiro atoms. The van der Waals surface area contributed by atoms with Crippen molar-refractivity contribution >= 4 is 17.7 Å². The van der Waals surface area contributed by atoms with Crippen molar-refractivity contribution in [2.45, 2.75) is 69.1 Å². The first-order valence-electron chi connectivity index (χ1n) is 14.5. The SMILES string of the molecule is CCCC1CN(C(Cc2ccc(F)c(F)c2)C(=O)NC)CCN1C(=O)C(Cc1ccc(F)cc1)NC(=O)C1(NC)CC1. The highest BCUT2D eigenvalue weighted by Gasteiger charge is 2.50. The van der Waals surface area contributed by atoms with Gasteiger partial charge in [0.25, 0.3) is 0 Å². The van der Waals surface area contributed by atoms with Gasteiger partial charge in [0.05, 0.1) is 11.6 Å². The lowest BCUT2D eigenvalue weighted by atomic mass is 9.98. The monoisotopic (exact) mass is 587 g/mol. The molecule has 1 aliphatic heterocycles. The molecule has 42 heavy (non-hydrogen) atoms. The summed E-state index contributed by atoms with van der Waals surface area (Å²) in [5.41, 5.74) is 0.540. The summed E-state index contributed by atoms with van der Waals surface area (Å²) in [5.74, 6) is -3.01. The Kier molecular flexibility index (Phi) is 10.3. The van der Waals surface area contributed by atoms with Crippen LogP contribution in [0.5, 0.6) is 0 Å². The highest BCUT2D eigenvalue weighted by Crippen LogP contribution is 2.35. The van der Waals surface area contributed by atoms with Crippen LogP contribution in [0, 0.1) is 17.5 Å². The van der Waals surface area contributed by atoms with Gasteiger partial charge in [-0.05, 0) is 68.1 Å². The van der Waals surface area contributed by atoms with E-state index in [2.05, 4.69) is 16.0 Å². The maximum atomic E-state index is 14.1. The van der Waals surface area contributed by atoms with Crippen molar-refractivity contribution in [2.24, 2.45) is 0 Å². The molecular weight excluding hydrogens is 547 g/mol. The largest absolute Gasteiger partial charge is 0.358 e. The van der Waals surface area contributed by atoms with Crippen molar-refractivity contribution in [3.05, 3.63) is 71.0 Å². The summed E-state index contributed by atoms with van der Waals surface area (Å²) in [5, 5.41) is 8.71. The molecule has 4 rings (SSSR count). The van der Waals surface area contributed by atoms with Crippen LogP contribution in [0.4, 0.5) is 13.2 Å². The Hall–Kier alpha value is -3.44. The second-order valence-electron chi connectivity index (χ2n) is 11.2. The molecule has 3 amide bonds. The quantitative estimate of drug-likeness (QED) is 0.355. The number of amides is 3. The van der Waals surface area contributed by atoms with E-state index in [0.29, 0.717) is 44.5 Å². The van der Waals surface area contributed by atoms with Crippen molar-refractivity contribution in [1.82, 2.24) is 25.8 Å². The minimum absolute atomic E-state index is 0.180. The second-order valence-corrected chi connectivity index (χ2v) is 11.2. The number of rotatable bonds is 12. The van der Waals surface area contributed by atoms with Gasteiger partial charge >= 0.3 is 0 Å². The van der Waals surface area contributed by atoms with Crippen molar-refractivity contribution in [2.75, 3.05) is 33.7 Å². The minimum atomic E-state index is -0.970. The van der Waals surface area contributed by atoms with Crippen molar-refractivity contribution in [3.8, 4) is 0 Å². The summed E-state index contributed by atoms with van der Waals surface area (Å²) in [7, 11) is 3.26. The summed E-state index contributed by atoms with van der Waals surface area (Å²) in [6.07, 6.45) is 3.21. The molecule has 3 unspecified atom stereocenters. The Morgan fingerprint density at radius 2 is 1.64 bits per heavy atom. The fraction of sp³-hybridized carbons (Fsp3) is 0.516. The minimum Gasteiger partial charge on any atom is -0.358 e. The maximum Gasteiger partial charge on any atom is 0.245 e. The number of benzene rings is 2. The molecule has 8 nitrogen and oxygen atoms in total. The molecule has 228 valence electrons. The first-order chi connectivity index (χ1) is 20.1. The molecule has 1 aliphatic carbocycles. The van der Waals surface area contributed by atoms with E-state index < -0.39 is 29.3 Å². The molecule has 2 fully saturated rings. The predicted octanol–water partition coefficient (Wildman–Crippen LogP) is 2.55. The fourth-order valence-electron chi connectivity index (χ4n) is 5.75. The number of halogens is 3. The molecule has 0 bridgehead atoms. The molecule has 3 atom stereocenters. The lowest BCUT2D eigenvalue weighted by Gasteiger charge is -2.45. The molecular formula is C31H40F3N5O3.